The Morgan fingerprint density at radius 3 is 2.67 bits per heavy atom. The van der Waals surface area contributed by atoms with E-state index in [1.807, 2.05) is 13.0 Å². The summed E-state index contributed by atoms with van der Waals surface area (Å²) >= 11 is 0. The number of nitrogens with two attached hydrogens (primary N) is 2. The van der Waals surface area contributed by atoms with Gasteiger partial charge in [-0.3, -0.25) is 0 Å². The summed E-state index contributed by atoms with van der Waals surface area (Å²) in [6, 6.07) is 4.50. The summed E-state index contributed by atoms with van der Waals surface area (Å²) in [5, 5.41) is 0. The van der Waals surface area contributed by atoms with Crippen molar-refractivity contribution in [2.24, 2.45) is 11.5 Å². The van der Waals surface area contributed by atoms with Crippen molar-refractivity contribution < 1.29 is 4.39 Å². The van der Waals surface area contributed by atoms with Crippen LogP contribution in [0.15, 0.2) is 18.2 Å². The minimum atomic E-state index is -0.397. The Morgan fingerprint density at radius 2 is 2.17 bits per heavy atom. The van der Waals surface area contributed by atoms with E-state index in [1.54, 1.807) is 6.07 Å². The number of halogens is 1. The fourth-order valence-corrected chi connectivity index (χ4v) is 1.23. The molecule has 66 valence electrons. The van der Waals surface area contributed by atoms with Gasteiger partial charge in [0.25, 0.3) is 0 Å². The molecule has 3 heteroatoms. The fourth-order valence-electron chi connectivity index (χ4n) is 1.23. The molecule has 0 heterocycles. The molecular formula is C9H13FN2. The number of rotatable bonds is 2. The van der Waals surface area contributed by atoms with Gasteiger partial charge in [-0.15, -0.1) is 0 Å². The topological polar surface area (TPSA) is 52.0 Å². The van der Waals surface area contributed by atoms with E-state index in [0.717, 1.165) is 5.56 Å². The summed E-state index contributed by atoms with van der Waals surface area (Å²) in [5.74, 6) is -0.270. The monoisotopic (exact) mass is 168 g/mol. The second-order valence-electron chi connectivity index (χ2n) is 2.81. The van der Waals surface area contributed by atoms with Crippen LogP contribution >= 0.6 is 0 Å². The largest absolute Gasteiger partial charge is 0.329 e. The third-order valence-electron chi connectivity index (χ3n) is 1.90. The molecule has 0 saturated carbocycles. The fraction of sp³-hybridized carbons (Fsp3) is 0.333. The summed E-state index contributed by atoms with van der Waals surface area (Å²) in [4.78, 5) is 0. The van der Waals surface area contributed by atoms with Crippen LogP contribution in [-0.2, 0) is 0 Å². The van der Waals surface area contributed by atoms with Crippen LogP contribution in [0.25, 0.3) is 0 Å². The van der Waals surface area contributed by atoms with Crippen LogP contribution in [-0.4, -0.2) is 6.54 Å². The Balaban J connectivity index is 3.12. The maximum absolute atomic E-state index is 13.2. The maximum atomic E-state index is 13.2. The van der Waals surface area contributed by atoms with Crippen LogP contribution in [0.3, 0.4) is 0 Å². The average Bonchev–Trinajstić information content (AvgIpc) is 2.03. The summed E-state index contributed by atoms with van der Waals surface area (Å²) < 4.78 is 13.2. The van der Waals surface area contributed by atoms with Crippen LogP contribution in [0.1, 0.15) is 17.2 Å². The lowest BCUT2D eigenvalue weighted by atomic mass is 10.0. The molecule has 1 aromatic rings. The number of benzene rings is 1. The summed E-state index contributed by atoms with van der Waals surface area (Å²) in [5.41, 5.74) is 12.4. The van der Waals surface area contributed by atoms with Crippen molar-refractivity contribution in [2.45, 2.75) is 13.0 Å². The summed E-state index contributed by atoms with van der Waals surface area (Å²) in [6.45, 7) is 2.09. The molecule has 0 radical (unpaired) electrons. The van der Waals surface area contributed by atoms with E-state index in [2.05, 4.69) is 0 Å². The maximum Gasteiger partial charge on any atom is 0.128 e. The third kappa shape index (κ3) is 1.62. The van der Waals surface area contributed by atoms with Crippen molar-refractivity contribution in [3.8, 4) is 0 Å². The van der Waals surface area contributed by atoms with Gasteiger partial charge in [0.2, 0.25) is 0 Å². The van der Waals surface area contributed by atoms with E-state index >= 15 is 0 Å². The molecule has 0 spiro atoms. The Labute approximate surface area is 71.4 Å². The summed E-state index contributed by atoms with van der Waals surface area (Å²) in [7, 11) is 0. The van der Waals surface area contributed by atoms with Crippen molar-refractivity contribution in [2.75, 3.05) is 6.54 Å². The Kier molecular flexibility index (Phi) is 2.78. The lowest BCUT2D eigenvalue weighted by molar-refractivity contribution is 0.581. The molecule has 0 bridgehead atoms. The van der Waals surface area contributed by atoms with Crippen molar-refractivity contribution in [1.82, 2.24) is 0 Å². The zero-order valence-electron chi connectivity index (χ0n) is 7.05. The number of hydrogen-bond acceptors (Lipinski definition) is 2. The van der Waals surface area contributed by atoms with Crippen LogP contribution in [0, 0.1) is 12.7 Å². The molecule has 1 atom stereocenters. The predicted molar refractivity (Wildman–Crippen MR) is 47.1 cm³/mol. The molecule has 0 saturated heterocycles. The molecule has 1 unspecified atom stereocenters. The van der Waals surface area contributed by atoms with E-state index in [4.69, 9.17) is 11.5 Å². The molecule has 1 aromatic carbocycles. The van der Waals surface area contributed by atoms with Gasteiger partial charge < -0.3 is 11.5 Å². The van der Waals surface area contributed by atoms with Crippen molar-refractivity contribution >= 4 is 0 Å². The lowest BCUT2D eigenvalue weighted by Crippen LogP contribution is -2.22. The van der Waals surface area contributed by atoms with Crippen molar-refractivity contribution in [3.63, 3.8) is 0 Å². The average molecular weight is 168 g/mol. The first-order valence-corrected chi connectivity index (χ1v) is 3.87. The third-order valence-corrected chi connectivity index (χ3v) is 1.90. The van der Waals surface area contributed by atoms with E-state index in [1.165, 1.54) is 6.07 Å². The Bertz CT molecular complexity index is 253. The van der Waals surface area contributed by atoms with Crippen molar-refractivity contribution in [3.05, 3.63) is 35.1 Å². The standard InChI is InChI=1S/C9H13FN2/c1-6-3-2-4-7(10)9(6)8(12)5-11/h2-4,8H,5,11-12H2,1H3. The highest BCUT2D eigenvalue weighted by Crippen LogP contribution is 2.18. The number of aryl methyl sites for hydroxylation is 1. The van der Waals surface area contributed by atoms with Gasteiger partial charge in [-0.2, -0.15) is 0 Å². The van der Waals surface area contributed by atoms with Gasteiger partial charge in [-0.05, 0) is 18.6 Å². The van der Waals surface area contributed by atoms with Gasteiger partial charge in [0, 0.05) is 18.2 Å². The second kappa shape index (κ2) is 3.65. The SMILES string of the molecule is Cc1cccc(F)c1C(N)CN. The molecule has 0 aliphatic heterocycles. The molecule has 0 aromatic heterocycles. The zero-order chi connectivity index (χ0) is 9.14. The molecule has 2 nitrogen and oxygen atoms in total. The van der Waals surface area contributed by atoms with Gasteiger partial charge in [0.15, 0.2) is 0 Å². The zero-order valence-corrected chi connectivity index (χ0v) is 7.05. The molecular weight excluding hydrogens is 155 g/mol. The molecule has 12 heavy (non-hydrogen) atoms. The van der Waals surface area contributed by atoms with Gasteiger partial charge in [0.05, 0.1) is 0 Å². The first-order chi connectivity index (χ1) is 5.66. The van der Waals surface area contributed by atoms with Gasteiger partial charge >= 0.3 is 0 Å². The van der Waals surface area contributed by atoms with E-state index in [9.17, 15) is 4.39 Å². The van der Waals surface area contributed by atoms with Gasteiger partial charge in [-0.1, -0.05) is 12.1 Å². The quantitative estimate of drug-likeness (QED) is 0.694. The van der Waals surface area contributed by atoms with Crippen LogP contribution in [0.5, 0.6) is 0 Å². The lowest BCUT2D eigenvalue weighted by Gasteiger charge is -2.12. The Morgan fingerprint density at radius 1 is 1.50 bits per heavy atom. The second-order valence-corrected chi connectivity index (χ2v) is 2.81. The van der Waals surface area contributed by atoms with Crippen LogP contribution in [0.4, 0.5) is 4.39 Å². The molecule has 0 aliphatic rings. The Hall–Kier alpha value is -0.930. The first-order valence-electron chi connectivity index (χ1n) is 3.87. The van der Waals surface area contributed by atoms with Gasteiger partial charge in [0.1, 0.15) is 5.82 Å². The highest BCUT2D eigenvalue weighted by Gasteiger charge is 2.11. The first kappa shape index (κ1) is 9.16. The molecule has 1 rings (SSSR count). The molecule has 4 N–H and O–H groups in total. The van der Waals surface area contributed by atoms with Crippen LogP contribution < -0.4 is 11.5 Å². The smallest absolute Gasteiger partial charge is 0.128 e. The molecule has 0 fully saturated rings. The van der Waals surface area contributed by atoms with E-state index < -0.39 is 6.04 Å². The highest BCUT2D eigenvalue weighted by atomic mass is 19.1. The molecule has 0 aliphatic carbocycles. The normalized spacial score (nSPS) is 13.0. The van der Waals surface area contributed by atoms with Crippen molar-refractivity contribution in [1.29, 1.82) is 0 Å². The summed E-state index contributed by atoms with van der Waals surface area (Å²) in [6.07, 6.45) is 0. The number of hydrogen-bond donors (Lipinski definition) is 2. The van der Waals surface area contributed by atoms with Gasteiger partial charge in [-0.25, -0.2) is 4.39 Å². The highest BCUT2D eigenvalue weighted by molar-refractivity contribution is 5.30. The van der Waals surface area contributed by atoms with E-state index in [-0.39, 0.29) is 12.4 Å². The molecule has 0 amide bonds. The predicted octanol–water partition coefficient (Wildman–Crippen LogP) is 1.09. The minimum absolute atomic E-state index is 0.266. The van der Waals surface area contributed by atoms with E-state index in [0.29, 0.717) is 5.56 Å². The van der Waals surface area contributed by atoms with Crippen LogP contribution in [0.2, 0.25) is 0 Å². The minimum Gasteiger partial charge on any atom is -0.329 e.